The summed E-state index contributed by atoms with van der Waals surface area (Å²) in [7, 11) is -3.67. The summed E-state index contributed by atoms with van der Waals surface area (Å²) in [5.74, 6) is 0.765. The SMILES string of the molecule is CC(=O)N1c2ccc(S(=O)(=O)N3CCOCC3)cc2C[C@@H]1C(=O)NCc1ccc(C)o1. The molecule has 0 bridgehead atoms. The quantitative estimate of drug-likeness (QED) is 0.738. The molecule has 1 saturated heterocycles. The van der Waals surface area contributed by atoms with Crippen LogP contribution in [-0.2, 0) is 37.3 Å². The lowest BCUT2D eigenvalue weighted by Crippen LogP contribution is -2.47. The minimum atomic E-state index is -3.67. The summed E-state index contributed by atoms with van der Waals surface area (Å²) in [6, 6.07) is 7.51. The van der Waals surface area contributed by atoms with Crippen LogP contribution in [0.5, 0.6) is 0 Å². The number of hydrogen-bond donors (Lipinski definition) is 1. The number of sulfonamides is 1. The highest BCUT2D eigenvalue weighted by molar-refractivity contribution is 7.89. The Labute approximate surface area is 181 Å². The van der Waals surface area contributed by atoms with Crippen LogP contribution in [0.25, 0.3) is 0 Å². The molecule has 2 aliphatic rings. The van der Waals surface area contributed by atoms with Gasteiger partial charge in [-0.1, -0.05) is 0 Å². The molecule has 1 N–H and O–H groups in total. The van der Waals surface area contributed by atoms with E-state index in [4.69, 9.17) is 9.15 Å². The van der Waals surface area contributed by atoms with Gasteiger partial charge in [0.2, 0.25) is 21.8 Å². The zero-order valence-corrected chi connectivity index (χ0v) is 18.3. The number of carbonyl (C=O) groups is 2. The molecule has 2 amide bonds. The van der Waals surface area contributed by atoms with E-state index < -0.39 is 16.1 Å². The summed E-state index contributed by atoms with van der Waals surface area (Å²) < 4.78 is 38.1. The number of rotatable bonds is 5. The predicted molar refractivity (Wildman–Crippen MR) is 112 cm³/mol. The van der Waals surface area contributed by atoms with Crippen molar-refractivity contribution < 1.29 is 27.2 Å². The highest BCUT2D eigenvalue weighted by Crippen LogP contribution is 2.35. The Morgan fingerprint density at radius 1 is 1.16 bits per heavy atom. The average molecular weight is 448 g/mol. The third-order valence-electron chi connectivity index (χ3n) is 5.52. The van der Waals surface area contributed by atoms with Crippen molar-refractivity contribution in [2.75, 3.05) is 31.2 Å². The van der Waals surface area contributed by atoms with E-state index in [0.717, 1.165) is 5.76 Å². The zero-order chi connectivity index (χ0) is 22.2. The van der Waals surface area contributed by atoms with Gasteiger partial charge in [0.25, 0.3) is 0 Å². The number of benzene rings is 1. The minimum absolute atomic E-state index is 0.156. The first-order valence-corrected chi connectivity index (χ1v) is 11.5. The Kier molecular flexibility index (Phi) is 5.87. The van der Waals surface area contributed by atoms with Gasteiger partial charge in [-0.05, 0) is 42.8 Å². The number of carbonyl (C=O) groups excluding carboxylic acids is 2. The maximum atomic E-state index is 13.0. The number of furan rings is 1. The highest BCUT2D eigenvalue weighted by Gasteiger charge is 2.38. The van der Waals surface area contributed by atoms with E-state index in [1.54, 1.807) is 18.2 Å². The Morgan fingerprint density at radius 3 is 2.55 bits per heavy atom. The fraction of sp³-hybridized carbons (Fsp3) is 0.429. The topological polar surface area (TPSA) is 109 Å². The Hall–Kier alpha value is -2.69. The maximum Gasteiger partial charge on any atom is 0.243 e. The number of amides is 2. The van der Waals surface area contributed by atoms with E-state index in [0.29, 0.717) is 43.3 Å². The minimum Gasteiger partial charge on any atom is -0.465 e. The molecule has 1 aromatic heterocycles. The molecule has 0 unspecified atom stereocenters. The van der Waals surface area contributed by atoms with E-state index in [-0.39, 0.29) is 29.7 Å². The van der Waals surface area contributed by atoms with Crippen LogP contribution in [0.15, 0.2) is 39.6 Å². The lowest BCUT2D eigenvalue weighted by molar-refractivity contribution is -0.125. The largest absolute Gasteiger partial charge is 0.465 e. The standard InChI is InChI=1S/C21H25N3O6S/c1-14-3-4-17(30-14)13-22-21(26)20-12-16-11-18(5-6-19(16)24(20)15(2)25)31(27,28)23-7-9-29-10-8-23/h3-6,11,20H,7-10,12-13H2,1-2H3,(H,22,26)/t20-/m1/s1. The monoisotopic (exact) mass is 447 g/mol. The van der Waals surface area contributed by atoms with Gasteiger partial charge in [-0.25, -0.2) is 8.42 Å². The van der Waals surface area contributed by atoms with Crippen molar-refractivity contribution in [2.24, 2.45) is 0 Å². The first-order valence-electron chi connectivity index (χ1n) is 10.1. The van der Waals surface area contributed by atoms with Gasteiger partial charge in [0.15, 0.2) is 0 Å². The second-order valence-corrected chi connectivity index (χ2v) is 9.58. The zero-order valence-electron chi connectivity index (χ0n) is 17.5. The van der Waals surface area contributed by atoms with Crippen molar-refractivity contribution in [1.82, 2.24) is 9.62 Å². The van der Waals surface area contributed by atoms with Gasteiger partial charge in [-0.2, -0.15) is 4.31 Å². The molecule has 10 heteroatoms. The Balaban J connectivity index is 1.55. The molecular formula is C21H25N3O6S. The summed E-state index contributed by atoms with van der Waals surface area (Å²) in [5, 5.41) is 2.80. The van der Waals surface area contributed by atoms with Crippen molar-refractivity contribution in [3.8, 4) is 0 Å². The molecule has 3 heterocycles. The smallest absolute Gasteiger partial charge is 0.243 e. The molecule has 0 spiro atoms. The van der Waals surface area contributed by atoms with Gasteiger partial charge in [0.1, 0.15) is 17.6 Å². The third-order valence-corrected chi connectivity index (χ3v) is 7.41. The van der Waals surface area contributed by atoms with Crippen LogP contribution in [-0.4, -0.2) is 56.9 Å². The van der Waals surface area contributed by atoms with Crippen LogP contribution >= 0.6 is 0 Å². The number of morpholine rings is 1. The Morgan fingerprint density at radius 2 is 1.90 bits per heavy atom. The van der Waals surface area contributed by atoms with Crippen LogP contribution in [0.4, 0.5) is 5.69 Å². The first kappa shape index (κ1) is 21.5. The van der Waals surface area contributed by atoms with Gasteiger partial charge in [-0.15, -0.1) is 0 Å². The summed E-state index contributed by atoms with van der Waals surface area (Å²) in [6.45, 7) is 4.75. The fourth-order valence-corrected chi connectivity index (χ4v) is 5.45. The van der Waals surface area contributed by atoms with Crippen LogP contribution < -0.4 is 10.2 Å². The normalized spacial score (nSPS) is 19.3. The molecule has 1 atom stereocenters. The van der Waals surface area contributed by atoms with E-state index in [9.17, 15) is 18.0 Å². The molecule has 2 aromatic rings. The summed E-state index contributed by atoms with van der Waals surface area (Å²) in [4.78, 5) is 26.7. The van der Waals surface area contributed by atoms with Crippen molar-refractivity contribution in [3.05, 3.63) is 47.4 Å². The number of nitrogens with zero attached hydrogens (tertiary/aromatic N) is 2. The van der Waals surface area contributed by atoms with Crippen molar-refractivity contribution in [3.63, 3.8) is 0 Å². The molecule has 166 valence electrons. The van der Waals surface area contributed by atoms with Gasteiger partial charge >= 0.3 is 0 Å². The predicted octanol–water partition coefficient (Wildman–Crippen LogP) is 1.20. The highest BCUT2D eigenvalue weighted by atomic mass is 32.2. The summed E-state index contributed by atoms with van der Waals surface area (Å²) >= 11 is 0. The van der Waals surface area contributed by atoms with E-state index >= 15 is 0 Å². The number of hydrogen-bond acceptors (Lipinski definition) is 6. The summed E-state index contributed by atoms with van der Waals surface area (Å²) in [5.41, 5.74) is 1.21. The molecule has 1 aromatic carbocycles. The van der Waals surface area contributed by atoms with E-state index in [1.165, 1.54) is 22.2 Å². The van der Waals surface area contributed by atoms with Crippen LogP contribution in [0, 0.1) is 6.92 Å². The summed E-state index contributed by atoms with van der Waals surface area (Å²) in [6.07, 6.45) is 0.240. The lowest BCUT2D eigenvalue weighted by atomic mass is 10.1. The lowest BCUT2D eigenvalue weighted by Gasteiger charge is -2.26. The molecule has 2 aliphatic heterocycles. The van der Waals surface area contributed by atoms with E-state index in [2.05, 4.69) is 5.32 Å². The molecule has 0 aliphatic carbocycles. The van der Waals surface area contributed by atoms with Crippen molar-refractivity contribution >= 4 is 27.5 Å². The van der Waals surface area contributed by atoms with Crippen LogP contribution in [0.2, 0.25) is 0 Å². The Bertz CT molecular complexity index is 1100. The number of nitrogens with one attached hydrogen (secondary N) is 1. The number of anilines is 1. The molecule has 0 saturated carbocycles. The number of ether oxygens (including phenoxy) is 1. The third kappa shape index (κ3) is 4.23. The van der Waals surface area contributed by atoms with Gasteiger partial charge in [-0.3, -0.25) is 14.5 Å². The van der Waals surface area contributed by atoms with E-state index in [1.807, 2.05) is 13.0 Å². The molecule has 31 heavy (non-hydrogen) atoms. The van der Waals surface area contributed by atoms with Crippen LogP contribution in [0.3, 0.4) is 0 Å². The van der Waals surface area contributed by atoms with Crippen molar-refractivity contribution in [1.29, 1.82) is 0 Å². The molecular weight excluding hydrogens is 422 g/mol. The molecule has 0 radical (unpaired) electrons. The maximum absolute atomic E-state index is 13.0. The second-order valence-electron chi connectivity index (χ2n) is 7.65. The first-order chi connectivity index (χ1) is 14.8. The van der Waals surface area contributed by atoms with Crippen LogP contribution in [0.1, 0.15) is 24.0 Å². The van der Waals surface area contributed by atoms with Gasteiger partial charge in [0, 0.05) is 32.1 Å². The number of fused-ring (bicyclic) bond motifs is 1. The molecule has 1 fully saturated rings. The fourth-order valence-electron chi connectivity index (χ4n) is 4.00. The number of aryl methyl sites for hydroxylation is 1. The second kappa shape index (κ2) is 8.45. The molecule has 9 nitrogen and oxygen atoms in total. The average Bonchev–Trinajstić information content (AvgIpc) is 3.35. The van der Waals surface area contributed by atoms with Gasteiger partial charge in [0.05, 0.1) is 24.7 Å². The van der Waals surface area contributed by atoms with Gasteiger partial charge < -0.3 is 14.5 Å². The molecule has 4 rings (SSSR count). The van der Waals surface area contributed by atoms with Crippen molar-refractivity contribution in [2.45, 2.75) is 37.8 Å².